The summed E-state index contributed by atoms with van der Waals surface area (Å²) < 4.78 is 0. The number of benzene rings is 2. The summed E-state index contributed by atoms with van der Waals surface area (Å²) in [7, 11) is 4.45. The third kappa shape index (κ3) is 3.56. The summed E-state index contributed by atoms with van der Waals surface area (Å²) in [6.07, 6.45) is 6.88. The van der Waals surface area contributed by atoms with Crippen LogP contribution in [0.25, 0.3) is 5.57 Å². The van der Waals surface area contributed by atoms with E-state index in [9.17, 15) is 4.79 Å². The van der Waals surface area contributed by atoms with E-state index in [0.29, 0.717) is 18.2 Å². The third-order valence-corrected chi connectivity index (χ3v) is 8.69. The zero-order chi connectivity index (χ0) is 23.2. The van der Waals surface area contributed by atoms with Crippen LogP contribution in [-0.2, 0) is 16.8 Å². The normalized spacial score (nSPS) is 26.8. The maximum atomic E-state index is 13.6. The molecule has 3 heteroatoms. The molecule has 1 fully saturated rings. The largest absolute Gasteiger partial charge is 0.333 e. The van der Waals surface area contributed by atoms with Gasteiger partial charge in [-0.05, 0) is 86.4 Å². The Morgan fingerprint density at radius 1 is 0.970 bits per heavy atom. The highest BCUT2D eigenvalue weighted by Crippen LogP contribution is 2.55. The zero-order valence-electron chi connectivity index (χ0n) is 20.7. The van der Waals surface area contributed by atoms with Crippen molar-refractivity contribution >= 4 is 11.5 Å². The fourth-order valence-corrected chi connectivity index (χ4v) is 6.97. The monoisotopic (exact) mass is 442 g/mol. The maximum Gasteiger partial charge on any atom is 0.223 e. The van der Waals surface area contributed by atoms with Crippen molar-refractivity contribution in [2.45, 2.75) is 69.9 Å². The number of rotatable bonds is 4. The summed E-state index contributed by atoms with van der Waals surface area (Å²) >= 11 is 0. The fourth-order valence-electron chi connectivity index (χ4n) is 6.97. The van der Waals surface area contributed by atoms with E-state index in [-0.39, 0.29) is 11.1 Å². The van der Waals surface area contributed by atoms with Crippen molar-refractivity contribution < 1.29 is 4.79 Å². The van der Waals surface area contributed by atoms with Gasteiger partial charge in [0.15, 0.2) is 0 Å². The van der Waals surface area contributed by atoms with Gasteiger partial charge in [-0.15, -0.1) is 0 Å². The Labute approximate surface area is 199 Å². The Hall–Kier alpha value is -2.39. The lowest BCUT2D eigenvalue weighted by Gasteiger charge is -2.56. The fraction of sp³-hybridized carbons (Fsp3) is 0.500. The average Bonchev–Trinajstić information content (AvgIpc) is 3.20. The van der Waals surface area contributed by atoms with Crippen LogP contribution in [0.15, 0.2) is 60.2 Å². The second kappa shape index (κ2) is 8.43. The van der Waals surface area contributed by atoms with Crippen LogP contribution < -0.4 is 0 Å². The lowest BCUT2D eigenvalue weighted by Crippen LogP contribution is -2.60. The number of carbonyl (C=O) groups is 1. The lowest BCUT2D eigenvalue weighted by atomic mass is 9.63. The highest BCUT2D eigenvalue weighted by molar-refractivity contribution is 5.84. The third-order valence-electron chi connectivity index (χ3n) is 8.69. The van der Waals surface area contributed by atoms with E-state index in [1.165, 1.54) is 22.3 Å². The van der Waals surface area contributed by atoms with Gasteiger partial charge in [-0.1, -0.05) is 68.4 Å². The molecule has 3 aliphatic rings. The Balaban J connectivity index is 1.55. The van der Waals surface area contributed by atoms with Crippen molar-refractivity contribution in [2.75, 3.05) is 20.6 Å². The van der Waals surface area contributed by atoms with Crippen molar-refractivity contribution in [3.8, 4) is 0 Å². The first-order chi connectivity index (χ1) is 15.9. The van der Waals surface area contributed by atoms with Gasteiger partial charge in [-0.2, -0.15) is 0 Å². The van der Waals surface area contributed by atoms with E-state index in [2.05, 4.69) is 92.3 Å². The molecule has 2 aliphatic carbocycles. The van der Waals surface area contributed by atoms with Gasteiger partial charge in [-0.25, -0.2) is 0 Å². The molecule has 2 aromatic carbocycles. The molecule has 1 amide bonds. The molecule has 5 rings (SSSR count). The summed E-state index contributed by atoms with van der Waals surface area (Å²) in [5, 5.41) is 0. The Morgan fingerprint density at radius 2 is 1.64 bits per heavy atom. The highest BCUT2D eigenvalue weighted by Gasteiger charge is 2.53. The molecule has 0 aromatic heterocycles. The second-order valence-electron chi connectivity index (χ2n) is 11.0. The zero-order valence-corrected chi connectivity index (χ0v) is 20.7. The molecule has 0 atom stereocenters. The van der Waals surface area contributed by atoms with E-state index in [0.717, 1.165) is 45.1 Å². The molecule has 0 radical (unpaired) electrons. The number of hydrogen-bond acceptors (Lipinski definition) is 2. The molecule has 1 spiro atoms. The molecule has 0 saturated heterocycles. The van der Waals surface area contributed by atoms with Crippen LogP contribution >= 0.6 is 0 Å². The topological polar surface area (TPSA) is 23.6 Å². The summed E-state index contributed by atoms with van der Waals surface area (Å²) in [4.78, 5) is 18.4. The number of amides is 1. The van der Waals surface area contributed by atoms with Crippen LogP contribution in [-0.4, -0.2) is 41.9 Å². The predicted octanol–water partition coefficient (Wildman–Crippen LogP) is 6.04. The molecule has 0 N–H and O–H groups in total. The smallest absolute Gasteiger partial charge is 0.223 e. The summed E-state index contributed by atoms with van der Waals surface area (Å²) in [6, 6.07) is 19.9. The molecule has 33 heavy (non-hydrogen) atoms. The van der Waals surface area contributed by atoms with Gasteiger partial charge < -0.3 is 4.90 Å². The van der Waals surface area contributed by atoms with E-state index in [1.54, 1.807) is 5.57 Å². The van der Waals surface area contributed by atoms with Gasteiger partial charge in [0.2, 0.25) is 5.91 Å². The van der Waals surface area contributed by atoms with Crippen molar-refractivity contribution in [2.24, 2.45) is 5.92 Å². The summed E-state index contributed by atoms with van der Waals surface area (Å²) in [6.45, 7) is 5.19. The van der Waals surface area contributed by atoms with Gasteiger partial charge >= 0.3 is 0 Å². The molecular formula is C30H38N2O. The first-order valence-corrected chi connectivity index (χ1v) is 12.7. The minimum absolute atomic E-state index is 0.0307. The average molecular weight is 443 g/mol. The van der Waals surface area contributed by atoms with Crippen LogP contribution in [0, 0.1) is 5.92 Å². The Kier molecular flexibility index (Phi) is 5.73. The Bertz CT molecular complexity index is 1060. The van der Waals surface area contributed by atoms with Crippen LogP contribution in [0.1, 0.15) is 69.1 Å². The van der Waals surface area contributed by atoms with Gasteiger partial charge in [0.1, 0.15) is 0 Å². The van der Waals surface area contributed by atoms with Crippen molar-refractivity contribution in [1.29, 1.82) is 0 Å². The Morgan fingerprint density at radius 3 is 2.30 bits per heavy atom. The SMILES string of the molecule is CC(C)CC(=O)N1CCC2=C(Cc3ccccc32)C12CCC(c1ccccc1)(N(C)C)CC2. The molecule has 3 nitrogen and oxygen atoms in total. The van der Waals surface area contributed by atoms with Crippen molar-refractivity contribution in [3.63, 3.8) is 0 Å². The molecule has 1 saturated carbocycles. The van der Waals surface area contributed by atoms with Gasteiger partial charge in [0.05, 0.1) is 5.54 Å². The first-order valence-electron chi connectivity index (χ1n) is 12.7. The minimum Gasteiger partial charge on any atom is -0.333 e. The predicted molar refractivity (Wildman–Crippen MR) is 136 cm³/mol. The van der Waals surface area contributed by atoms with Crippen molar-refractivity contribution in [1.82, 2.24) is 9.80 Å². The molecule has 2 aromatic rings. The van der Waals surface area contributed by atoms with E-state index in [4.69, 9.17) is 0 Å². The van der Waals surface area contributed by atoms with Gasteiger partial charge in [0.25, 0.3) is 0 Å². The molecule has 174 valence electrons. The molecule has 0 bridgehead atoms. The van der Waals surface area contributed by atoms with Gasteiger partial charge in [-0.3, -0.25) is 9.69 Å². The van der Waals surface area contributed by atoms with Gasteiger partial charge in [0, 0.05) is 18.5 Å². The lowest BCUT2D eigenvalue weighted by molar-refractivity contribution is -0.140. The first kappa shape index (κ1) is 22.4. The molecular weight excluding hydrogens is 404 g/mol. The van der Waals surface area contributed by atoms with Crippen LogP contribution in [0.4, 0.5) is 0 Å². The standard InChI is InChI=1S/C30H38N2O/c1-22(2)20-28(33)32-19-14-26-25-13-9-8-10-23(25)21-27(26)30(32)17-15-29(16-18-30,31(3)4)24-11-6-5-7-12-24/h5-13,22H,14-21H2,1-4H3. The van der Waals surface area contributed by atoms with Crippen molar-refractivity contribution in [3.05, 3.63) is 76.9 Å². The van der Waals surface area contributed by atoms with Crippen LogP contribution in [0.3, 0.4) is 0 Å². The number of hydrogen-bond donors (Lipinski definition) is 0. The van der Waals surface area contributed by atoms with E-state index >= 15 is 0 Å². The molecule has 0 unspecified atom stereocenters. The maximum absolute atomic E-state index is 13.6. The second-order valence-corrected chi connectivity index (χ2v) is 11.0. The molecule has 1 aliphatic heterocycles. The van der Waals surface area contributed by atoms with Crippen LogP contribution in [0.2, 0.25) is 0 Å². The highest BCUT2D eigenvalue weighted by atomic mass is 16.2. The van der Waals surface area contributed by atoms with E-state index < -0.39 is 0 Å². The summed E-state index contributed by atoms with van der Waals surface area (Å²) in [5.41, 5.74) is 7.28. The number of fused-ring (bicyclic) bond motifs is 3. The summed E-state index contributed by atoms with van der Waals surface area (Å²) in [5.74, 6) is 0.740. The number of carbonyl (C=O) groups excluding carboxylic acids is 1. The quantitative estimate of drug-likeness (QED) is 0.576. The minimum atomic E-state index is -0.132. The van der Waals surface area contributed by atoms with E-state index in [1.807, 2.05) is 0 Å². The molecule has 1 heterocycles. The number of nitrogens with zero attached hydrogens (tertiary/aromatic N) is 2. The van der Waals surface area contributed by atoms with Crippen LogP contribution in [0.5, 0.6) is 0 Å².